The first-order valence-electron chi connectivity index (χ1n) is 8.46. The van der Waals surface area contributed by atoms with Gasteiger partial charge < -0.3 is 0 Å². The zero-order chi connectivity index (χ0) is 18.8. The van der Waals surface area contributed by atoms with Crippen LogP contribution in [0, 0.1) is 5.92 Å². The molecule has 1 saturated heterocycles. The van der Waals surface area contributed by atoms with E-state index in [1.54, 1.807) is 79.3 Å². The van der Waals surface area contributed by atoms with Crippen LogP contribution < -0.4 is 4.90 Å². The van der Waals surface area contributed by atoms with E-state index in [4.69, 9.17) is 0 Å². The van der Waals surface area contributed by atoms with E-state index in [1.165, 1.54) is 4.90 Å². The Balaban J connectivity index is 1.85. The van der Waals surface area contributed by atoms with Gasteiger partial charge in [-0.15, -0.1) is 0 Å². The fourth-order valence-corrected chi connectivity index (χ4v) is 3.35. The molecule has 27 heavy (non-hydrogen) atoms. The Bertz CT molecular complexity index is 991. The molecule has 2 aromatic heterocycles. The smallest absolute Gasteiger partial charge is 0.293 e. The molecule has 0 bridgehead atoms. The molecule has 0 aliphatic carbocycles. The maximum atomic E-state index is 13.1. The number of carbonyl (C=O) groups is 3. The molecule has 1 amide bonds. The molecule has 3 aromatic rings. The Morgan fingerprint density at radius 1 is 0.889 bits per heavy atom. The number of amides is 1. The van der Waals surface area contributed by atoms with Crippen LogP contribution in [0.15, 0.2) is 79.3 Å². The van der Waals surface area contributed by atoms with Crippen molar-refractivity contribution in [1.29, 1.82) is 0 Å². The summed E-state index contributed by atoms with van der Waals surface area (Å²) in [6, 6.07) is 16.3. The van der Waals surface area contributed by atoms with Gasteiger partial charge in [-0.1, -0.05) is 42.5 Å². The number of carbonyl (C=O) groups excluding carboxylic acids is 3. The summed E-state index contributed by atoms with van der Waals surface area (Å²) in [6.45, 7) is 0. The highest BCUT2D eigenvalue weighted by Crippen LogP contribution is 2.40. The lowest BCUT2D eigenvalue weighted by Crippen LogP contribution is -2.31. The summed E-state index contributed by atoms with van der Waals surface area (Å²) in [7, 11) is 0. The molecule has 0 radical (unpaired) electrons. The Hall–Kier alpha value is -3.67. The third kappa shape index (κ3) is 2.91. The van der Waals surface area contributed by atoms with E-state index >= 15 is 0 Å². The summed E-state index contributed by atoms with van der Waals surface area (Å²) in [4.78, 5) is 48.3. The van der Waals surface area contributed by atoms with Crippen molar-refractivity contribution in [2.24, 2.45) is 5.92 Å². The lowest BCUT2D eigenvalue weighted by Gasteiger charge is -2.26. The van der Waals surface area contributed by atoms with E-state index in [1.807, 2.05) is 0 Å². The van der Waals surface area contributed by atoms with Gasteiger partial charge in [0.1, 0.15) is 11.7 Å². The monoisotopic (exact) mass is 357 g/mol. The van der Waals surface area contributed by atoms with Crippen LogP contribution in [0.2, 0.25) is 0 Å². The lowest BCUT2D eigenvalue weighted by atomic mass is 9.87. The number of ketones is 2. The second-order valence-electron chi connectivity index (χ2n) is 6.17. The molecule has 2 unspecified atom stereocenters. The van der Waals surface area contributed by atoms with Gasteiger partial charge in [0.25, 0.3) is 5.91 Å². The van der Waals surface area contributed by atoms with E-state index < -0.39 is 23.7 Å². The van der Waals surface area contributed by atoms with Crippen molar-refractivity contribution in [3.8, 4) is 0 Å². The molecule has 1 aliphatic rings. The van der Waals surface area contributed by atoms with Crippen molar-refractivity contribution in [1.82, 2.24) is 9.97 Å². The zero-order valence-corrected chi connectivity index (χ0v) is 14.2. The minimum Gasteiger partial charge on any atom is -0.293 e. The molecule has 1 aliphatic heterocycles. The first-order chi connectivity index (χ1) is 13.2. The highest BCUT2D eigenvalue weighted by atomic mass is 16.2. The fourth-order valence-electron chi connectivity index (χ4n) is 3.35. The number of anilines is 1. The Labute approximate surface area is 155 Å². The van der Waals surface area contributed by atoms with Crippen molar-refractivity contribution in [2.45, 2.75) is 6.04 Å². The van der Waals surface area contributed by atoms with E-state index in [2.05, 4.69) is 9.97 Å². The Kier molecular flexibility index (Phi) is 4.30. The van der Waals surface area contributed by atoms with Gasteiger partial charge in [-0.2, -0.15) is 0 Å². The molecular formula is C21H15N3O3. The standard InChI is InChI=1S/C21H15N3O3/c25-19(14-7-2-1-3-8-14)17-18(15-9-6-11-22-13-15)24(21(27)20(17)26)16-10-4-5-12-23-16/h1-13,17-18H. The van der Waals surface area contributed by atoms with E-state index in [-0.39, 0.29) is 5.78 Å². The van der Waals surface area contributed by atoms with Gasteiger partial charge in [-0.25, -0.2) is 4.98 Å². The first kappa shape index (κ1) is 16.8. The predicted molar refractivity (Wildman–Crippen MR) is 98.0 cm³/mol. The van der Waals surface area contributed by atoms with Crippen molar-refractivity contribution >= 4 is 23.3 Å². The average Bonchev–Trinajstić information content (AvgIpc) is 3.00. The third-order valence-electron chi connectivity index (χ3n) is 4.57. The summed E-state index contributed by atoms with van der Waals surface area (Å²) in [5.41, 5.74) is 0.997. The summed E-state index contributed by atoms with van der Waals surface area (Å²) in [5, 5.41) is 0. The van der Waals surface area contributed by atoms with Gasteiger partial charge in [-0.05, 0) is 23.8 Å². The van der Waals surface area contributed by atoms with E-state index in [9.17, 15) is 14.4 Å². The van der Waals surface area contributed by atoms with Gasteiger partial charge in [0.2, 0.25) is 5.78 Å². The number of aromatic nitrogens is 2. The molecule has 0 spiro atoms. The largest absolute Gasteiger partial charge is 0.297 e. The molecule has 4 rings (SSSR count). The van der Waals surface area contributed by atoms with Gasteiger partial charge in [0, 0.05) is 24.2 Å². The Morgan fingerprint density at radius 3 is 2.33 bits per heavy atom. The highest BCUT2D eigenvalue weighted by molar-refractivity contribution is 6.48. The van der Waals surface area contributed by atoms with Gasteiger partial charge >= 0.3 is 0 Å². The topological polar surface area (TPSA) is 80.2 Å². The number of nitrogens with zero attached hydrogens (tertiary/aromatic N) is 3. The molecule has 1 fully saturated rings. The normalized spacial score (nSPS) is 19.3. The molecule has 0 saturated carbocycles. The van der Waals surface area contributed by atoms with Crippen molar-refractivity contribution < 1.29 is 14.4 Å². The van der Waals surface area contributed by atoms with Crippen LogP contribution in [-0.4, -0.2) is 27.4 Å². The van der Waals surface area contributed by atoms with Crippen LogP contribution in [-0.2, 0) is 9.59 Å². The van der Waals surface area contributed by atoms with Crippen LogP contribution in [0.4, 0.5) is 5.82 Å². The zero-order valence-electron chi connectivity index (χ0n) is 14.2. The lowest BCUT2D eigenvalue weighted by molar-refractivity contribution is -0.135. The van der Waals surface area contributed by atoms with Crippen molar-refractivity contribution in [3.05, 3.63) is 90.4 Å². The molecule has 0 N–H and O–H groups in total. The van der Waals surface area contributed by atoms with Crippen molar-refractivity contribution in [2.75, 3.05) is 4.90 Å². The number of rotatable bonds is 4. The fraction of sp³-hybridized carbons (Fsp3) is 0.0952. The van der Waals surface area contributed by atoms with Crippen LogP contribution in [0.3, 0.4) is 0 Å². The number of benzene rings is 1. The summed E-state index contributed by atoms with van der Waals surface area (Å²) < 4.78 is 0. The number of hydrogen-bond donors (Lipinski definition) is 0. The predicted octanol–water partition coefficient (Wildman–Crippen LogP) is 2.63. The highest BCUT2D eigenvalue weighted by Gasteiger charge is 2.52. The number of hydrogen-bond acceptors (Lipinski definition) is 5. The summed E-state index contributed by atoms with van der Waals surface area (Å²) >= 11 is 0. The Morgan fingerprint density at radius 2 is 1.67 bits per heavy atom. The minimum absolute atomic E-state index is 0.327. The first-order valence-corrected chi connectivity index (χ1v) is 8.46. The van der Waals surface area contributed by atoms with Crippen LogP contribution in [0.1, 0.15) is 22.0 Å². The van der Waals surface area contributed by atoms with Crippen LogP contribution in [0.5, 0.6) is 0 Å². The summed E-state index contributed by atoms with van der Waals surface area (Å²) in [5.74, 6) is -2.68. The molecule has 6 heteroatoms. The molecule has 1 aromatic carbocycles. The summed E-state index contributed by atoms with van der Waals surface area (Å²) in [6.07, 6.45) is 4.71. The van der Waals surface area contributed by atoms with Gasteiger partial charge in [-0.3, -0.25) is 24.3 Å². The number of Topliss-reactive ketones (excluding diaryl/α,β-unsaturated/α-hetero) is 2. The van der Waals surface area contributed by atoms with Crippen molar-refractivity contribution in [3.63, 3.8) is 0 Å². The molecular weight excluding hydrogens is 342 g/mol. The maximum absolute atomic E-state index is 13.1. The third-order valence-corrected chi connectivity index (χ3v) is 4.57. The average molecular weight is 357 g/mol. The molecule has 6 nitrogen and oxygen atoms in total. The molecule has 3 heterocycles. The van der Waals surface area contributed by atoms with Gasteiger partial charge in [0.15, 0.2) is 5.78 Å². The van der Waals surface area contributed by atoms with E-state index in [0.717, 1.165) is 0 Å². The SMILES string of the molecule is O=C1C(=O)N(c2ccccn2)C(c2cccnc2)C1C(=O)c1ccccc1. The quantitative estimate of drug-likeness (QED) is 0.407. The van der Waals surface area contributed by atoms with Crippen LogP contribution in [0.25, 0.3) is 0 Å². The molecule has 132 valence electrons. The maximum Gasteiger partial charge on any atom is 0.297 e. The minimum atomic E-state index is -1.15. The second-order valence-corrected chi connectivity index (χ2v) is 6.17. The van der Waals surface area contributed by atoms with E-state index in [0.29, 0.717) is 16.9 Å². The van der Waals surface area contributed by atoms with Gasteiger partial charge in [0.05, 0.1) is 6.04 Å². The number of pyridine rings is 2. The van der Waals surface area contributed by atoms with Crippen LogP contribution >= 0.6 is 0 Å². The molecule has 2 atom stereocenters. The second kappa shape index (κ2) is 6.92.